The summed E-state index contributed by atoms with van der Waals surface area (Å²) in [5.74, 6) is 3.74. The fourth-order valence-corrected chi connectivity index (χ4v) is 6.18. The highest BCUT2D eigenvalue weighted by Crippen LogP contribution is 2.43. The molecule has 1 heterocycles. The maximum atomic E-state index is 12.3. The molecule has 0 aromatic carbocycles. The van der Waals surface area contributed by atoms with Crippen LogP contribution in [-0.4, -0.2) is 19.5 Å². The van der Waals surface area contributed by atoms with Crippen molar-refractivity contribution >= 4 is 0 Å². The van der Waals surface area contributed by atoms with Crippen molar-refractivity contribution in [3.05, 3.63) is 24.3 Å². The third-order valence-corrected chi connectivity index (χ3v) is 8.27. The molecule has 2 saturated carbocycles. The van der Waals surface area contributed by atoms with Crippen molar-refractivity contribution in [2.24, 2.45) is 29.6 Å². The van der Waals surface area contributed by atoms with Crippen molar-refractivity contribution in [3.8, 4) is 0 Å². The van der Waals surface area contributed by atoms with Crippen LogP contribution in [0.15, 0.2) is 24.3 Å². The quantitative estimate of drug-likeness (QED) is 0.231. The number of hydrogen-bond donors (Lipinski definition) is 0. The summed E-state index contributed by atoms with van der Waals surface area (Å²) in [6.07, 6.45) is 22.3. The van der Waals surface area contributed by atoms with Crippen molar-refractivity contribution in [2.45, 2.75) is 110 Å². The van der Waals surface area contributed by atoms with Crippen LogP contribution in [0.3, 0.4) is 0 Å². The predicted molar refractivity (Wildman–Crippen MR) is 128 cm³/mol. The van der Waals surface area contributed by atoms with Crippen molar-refractivity contribution in [3.63, 3.8) is 0 Å². The fraction of sp³-hybridized carbons (Fsp3) is 0.857. The van der Waals surface area contributed by atoms with Gasteiger partial charge in [0.05, 0.1) is 13.2 Å². The van der Waals surface area contributed by atoms with Crippen LogP contribution in [0.4, 0.5) is 8.78 Å². The summed E-state index contributed by atoms with van der Waals surface area (Å²) in [5.41, 5.74) is 0. The molecular weight excluding hydrogens is 406 g/mol. The SMILES string of the molecule is CCC/C=C/C1OCC(CCCCC2CCC(C3CCC(CC=C(F)F)CC3)CC2)CO1. The van der Waals surface area contributed by atoms with E-state index in [1.54, 1.807) is 0 Å². The first kappa shape index (κ1) is 25.9. The molecule has 0 radical (unpaired) electrons. The molecule has 0 aromatic heterocycles. The maximum Gasteiger partial charge on any atom is 0.266 e. The zero-order chi connectivity index (χ0) is 22.6. The minimum absolute atomic E-state index is 0.127. The Kier molecular flexibility index (Phi) is 11.7. The van der Waals surface area contributed by atoms with Crippen molar-refractivity contribution in [1.82, 2.24) is 0 Å². The van der Waals surface area contributed by atoms with E-state index in [9.17, 15) is 8.78 Å². The van der Waals surface area contributed by atoms with Crippen LogP contribution in [-0.2, 0) is 9.47 Å². The van der Waals surface area contributed by atoms with Gasteiger partial charge in [-0.3, -0.25) is 0 Å². The largest absolute Gasteiger partial charge is 0.349 e. The Morgan fingerprint density at radius 3 is 1.91 bits per heavy atom. The molecule has 3 fully saturated rings. The lowest BCUT2D eigenvalue weighted by Crippen LogP contribution is -2.30. The Morgan fingerprint density at radius 2 is 1.34 bits per heavy atom. The lowest BCUT2D eigenvalue weighted by atomic mass is 9.68. The van der Waals surface area contributed by atoms with Crippen LogP contribution in [0.25, 0.3) is 0 Å². The zero-order valence-corrected chi connectivity index (χ0v) is 20.3. The third kappa shape index (κ3) is 9.25. The van der Waals surface area contributed by atoms with E-state index in [-0.39, 0.29) is 6.29 Å². The van der Waals surface area contributed by atoms with Gasteiger partial charge in [-0.25, -0.2) is 0 Å². The van der Waals surface area contributed by atoms with E-state index >= 15 is 0 Å². The molecule has 2 nitrogen and oxygen atoms in total. The summed E-state index contributed by atoms with van der Waals surface area (Å²) < 4.78 is 36.3. The Hall–Kier alpha value is -0.740. The van der Waals surface area contributed by atoms with Gasteiger partial charge in [0, 0.05) is 5.92 Å². The van der Waals surface area contributed by atoms with Gasteiger partial charge in [-0.1, -0.05) is 51.5 Å². The van der Waals surface area contributed by atoms with Crippen LogP contribution >= 0.6 is 0 Å². The van der Waals surface area contributed by atoms with Gasteiger partial charge >= 0.3 is 0 Å². The Balaban J connectivity index is 1.20. The van der Waals surface area contributed by atoms with E-state index in [2.05, 4.69) is 19.1 Å². The fourth-order valence-electron chi connectivity index (χ4n) is 6.18. The van der Waals surface area contributed by atoms with Crippen molar-refractivity contribution < 1.29 is 18.3 Å². The lowest BCUT2D eigenvalue weighted by Gasteiger charge is -2.38. The number of halogens is 2. The first-order chi connectivity index (χ1) is 15.6. The van der Waals surface area contributed by atoms with Gasteiger partial charge in [0.15, 0.2) is 6.29 Å². The van der Waals surface area contributed by atoms with E-state index in [0.717, 1.165) is 56.3 Å². The first-order valence-electron chi connectivity index (χ1n) is 13.5. The summed E-state index contributed by atoms with van der Waals surface area (Å²) in [6.45, 7) is 3.86. The number of ether oxygens (including phenoxy) is 2. The van der Waals surface area contributed by atoms with Gasteiger partial charge in [-0.05, 0) is 93.6 Å². The summed E-state index contributed by atoms with van der Waals surface area (Å²) in [5, 5.41) is 0. The van der Waals surface area contributed by atoms with E-state index in [1.165, 1.54) is 70.6 Å². The average molecular weight is 453 g/mol. The second kappa shape index (κ2) is 14.5. The summed E-state index contributed by atoms with van der Waals surface area (Å²) in [6, 6.07) is 0. The monoisotopic (exact) mass is 452 g/mol. The second-order valence-corrected chi connectivity index (χ2v) is 10.7. The number of unbranched alkanes of at least 4 members (excludes halogenated alkanes) is 2. The summed E-state index contributed by atoms with van der Waals surface area (Å²) >= 11 is 0. The standard InChI is InChI=1S/C28H46F2O2/c1-2-3-4-9-28-31-20-24(21-32-28)8-6-5-7-22-10-15-25(16-11-22)26-17-12-23(13-18-26)14-19-27(29)30/h4,9,19,22-26,28H,2-3,5-8,10-18,20-21H2,1H3/b9-4+. The molecule has 3 aliphatic rings. The lowest BCUT2D eigenvalue weighted by molar-refractivity contribution is -0.175. The normalized spacial score (nSPS) is 34.0. The van der Waals surface area contributed by atoms with Gasteiger partial charge in [-0.2, -0.15) is 8.78 Å². The Labute approximate surface area is 195 Å². The highest BCUT2D eigenvalue weighted by molar-refractivity contribution is 4.88. The number of hydrogen-bond acceptors (Lipinski definition) is 2. The van der Waals surface area contributed by atoms with Gasteiger partial charge in [0.1, 0.15) is 0 Å². The smallest absolute Gasteiger partial charge is 0.266 e. The summed E-state index contributed by atoms with van der Waals surface area (Å²) in [7, 11) is 0. The first-order valence-corrected chi connectivity index (χ1v) is 13.5. The molecule has 0 aromatic rings. The Morgan fingerprint density at radius 1 is 0.781 bits per heavy atom. The van der Waals surface area contributed by atoms with Crippen LogP contribution in [0, 0.1) is 29.6 Å². The molecule has 32 heavy (non-hydrogen) atoms. The molecule has 0 atom stereocenters. The van der Waals surface area contributed by atoms with Crippen LogP contribution < -0.4 is 0 Å². The molecule has 0 amide bonds. The highest BCUT2D eigenvalue weighted by atomic mass is 19.3. The van der Waals surface area contributed by atoms with E-state index in [1.807, 2.05) is 0 Å². The summed E-state index contributed by atoms with van der Waals surface area (Å²) in [4.78, 5) is 0. The van der Waals surface area contributed by atoms with Crippen molar-refractivity contribution in [1.29, 1.82) is 0 Å². The van der Waals surface area contributed by atoms with E-state index in [0.29, 0.717) is 18.3 Å². The molecule has 0 N–H and O–H groups in total. The molecule has 0 bridgehead atoms. The molecule has 0 unspecified atom stereocenters. The van der Waals surface area contributed by atoms with Gasteiger partial charge in [-0.15, -0.1) is 0 Å². The predicted octanol–water partition coefficient (Wildman–Crippen LogP) is 8.68. The molecule has 0 spiro atoms. The average Bonchev–Trinajstić information content (AvgIpc) is 2.82. The Bertz CT molecular complexity index is 548. The molecule has 4 heteroatoms. The van der Waals surface area contributed by atoms with E-state index in [4.69, 9.17) is 9.47 Å². The van der Waals surface area contributed by atoms with Crippen LogP contribution in [0.1, 0.15) is 103 Å². The molecule has 3 rings (SSSR count). The van der Waals surface area contributed by atoms with Gasteiger partial charge < -0.3 is 9.47 Å². The highest BCUT2D eigenvalue weighted by Gasteiger charge is 2.30. The minimum Gasteiger partial charge on any atom is -0.349 e. The zero-order valence-electron chi connectivity index (χ0n) is 20.3. The third-order valence-electron chi connectivity index (χ3n) is 8.27. The van der Waals surface area contributed by atoms with Crippen LogP contribution in [0.2, 0.25) is 0 Å². The number of rotatable bonds is 11. The molecular formula is C28H46F2O2. The van der Waals surface area contributed by atoms with Gasteiger partial charge in [0.25, 0.3) is 6.08 Å². The minimum atomic E-state index is -1.50. The number of allylic oxidation sites excluding steroid dienone is 2. The molecule has 184 valence electrons. The molecule has 2 aliphatic carbocycles. The molecule has 1 aliphatic heterocycles. The van der Waals surface area contributed by atoms with Crippen molar-refractivity contribution in [2.75, 3.05) is 13.2 Å². The van der Waals surface area contributed by atoms with Crippen LogP contribution in [0.5, 0.6) is 0 Å². The topological polar surface area (TPSA) is 18.5 Å². The van der Waals surface area contributed by atoms with Gasteiger partial charge in [0.2, 0.25) is 0 Å². The maximum absolute atomic E-state index is 12.3. The second-order valence-electron chi connectivity index (χ2n) is 10.7. The van der Waals surface area contributed by atoms with E-state index < -0.39 is 6.08 Å². The molecule has 1 saturated heterocycles.